The molecule has 544 valence electrons. The van der Waals surface area contributed by atoms with Crippen molar-refractivity contribution in [3.05, 3.63) is 120 Å². The Labute approximate surface area is 586 Å². The molecule has 0 saturated carbocycles. The zero-order valence-corrected chi connectivity index (χ0v) is 58.0. The molecule has 23 nitrogen and oxygen atoms in total. The summed E-state index contributed by atoms with van der Waals surface area (Å²) < 4.78 is 66.4. The molecule has 0 aliphatic carbocycles. The summed E-state index contributed by atoms with van der Waals surface area (Å²) >= 11 is 0. The molecule has 5 amide bonds. The first-order valence-electron chi connectivity index (χ1n) is 35.5. The van der Waals surface area contributed by atoms with Gasteiger partial charge in [-0.3, -0.25) is 24.0 Å². The fourth-order valence-electron chi connectivity index (χ4n) is 12.0. The zero-order valence-electron chi connectivity index (χ0n) is 58.0. The summed E-state index contributed by atoms with van der Waals surface area (Å²) in [6.45, 7) is 10.7. The monoisotopic (exact) mass is 1380 g/mol. The number of hydrogen-bond acceptors (Lipinski definition) is 18. The summed E-state index contributed by atoms with van der Waals surface area (Å²) in [4.78, 5) is 66.1. The van der Waals surface area contributed by atoms with Crippen molar-refractivity contribution >= 4 is 94.2 Å². The van der Waals surface area contributed by atoms with Crippen LogP contribution >= 0.6 is 0 Å². The maximum Gasteiger partial charge on any atom is 0.243 e. The van der Waals surface area contributed by atoms with Crippen LogP contribution in [0.3, 0.4) is 0 Å². The number of carbonyl (C=O) groups is 5. The first-order chi connectivity index (χ1) is 49.2. The lowest BCUT2D eigenvalue weighted by Gasteiger charge is -2.21. The van der Waals surface area contributed by atoms with Gasteiger partial charge in [-0.25, -0.2) is 0 Å². The van der Waals surface area contributed by atoms with Gasteiger partial charge in [-0.2, -0.15) is 0 Å². The minimum Gasteiger partial charge on any atom is -0.379 e. The second kappa shape index (κ2) is 46.2. The van der Waals surface area contributed by atoms with Crippen molar-refractivity contribution in [3.63, 3.8) is 0 Å². The fraction of sp³-hybridized carbons (Fsp3) is 0.519. The molecule has 0 unspecified atom stereocenters. The molecule has 8 aromatic rings. The first-order valence-corrected chi connectivity index (χ1v) is 35.5. The van der Waals surface area contributed by atoms with Crippen LogP contribution in [0.25, 0.3) is 64.6 Å². The standard InChI is InChI=1S/C77H104N6O17/c78-28-33-91-37-41-95-45-49-99-53-51-98-48-44-94-40-36-90-32-27-71(86)83-67(55-63-20-18-61-16-14-57-9-7-11-59-22-24-65(63)74(61)72(57)59)76(87)80-29-6-4-2-1-3-5-13-70(85)82-68(56-64-21-19-62-17-15-58-10-8-12-60-23-25-66(64)75(62)73(58)60)77(88)81-30-34-92-38-42-96-46-50-100-54-52-97-47-43-93-39-35-89-31-26-69(79)84/h7-12,14-25,67-68H,1-6,13,26-56,78H2,(H2,79,84)(H,80,87)(H,81,88)(H,82,85)(H,83,86)/t67-,68-/m1/s1. The van der Waals surface area contributed by atoms with E-state index in [2.05, 4.69) is 130 Å². The number of nitrogens with one attached hydrogen (secondary N) is 4. The van der Waals surface area contributed by atoms with Crippen molar-refractivity contribution in [2.75, 3.05) is 178 Å². The van der Waals surface area contributed by atoms with Crippen LogP contribution in [0.2, 0.25) is 0 Å². The van der Waals surface area contributed by atoms with E-state index in [-0.39, 0.29) is 69.3 Å². The van der Waals surface area contributed by atoms with Crippen LogP contribution in [0, 0.1) is 0 Å². The SMILES string of the molecule is NCCOCCOCCOCCOCCOCCOCCC(=O)N[C@H](Cc1ccc2ccc3cccc4ccc1c2c34)C(=O)NCCCCCCCCC(=O)N[C@H](Cc1ccc2ccc3cccc4ccc1c2c34)C(=O)NCCOCCOCCOCCOCCOCCOCCC(N)=O. The molecule has 0 bridgehead atoms. The third-order valence-electron chi connectivity index (χ3n) is 17.0. The topological polar surface area (TPSA) is 296 Å². The van der Waals surface area contributed by atoms with E-state index in [1.165, 1.54) is 10.8 Å². The Bertz CT molecular complexity index is 3640. The number of amides is 5. The molecule has 2 atom stereocenters. The molecular weight excluding hydrogens is 1280 g/mol. The van der Waals surface area contributed by atoms with E-state index in [1.807, 2.05) is 0 Å². The van der Waals surface area contributed by atoms with Gasteiger partial charge in [0.25, 0.3) is 0 Å². The lowest BCUT2D eigenvalue weighted by Crippen LogP contribution is -2.48. The van der Waals surface area contributed by atoms with E-state index in [0.717, 1.165) is 97.1 Å². The van der Waals surface area contributed by atoms with Crippen LogP contribution in [-0.4, -0.2) is 220 Å². The largest absolute Gasteiger partial charge is 0.379 e. The number of benzene rings is 8. The van der Waals surface area contributed by atoms with Crippen LogP contribution in [-0.2, 0) is 93.7 Å². The van der Waals surface area contributed by atoms with Gasteiger partial charge in [-0.15, -0.1) is 0 Å². The highest BCUT2D eigenvalue weighted by Crippen LogP contribution is 2.38. The van der Waals surface area contributed by atoms with Gasteiger partial charge in [-0.1, -0.05) is 135 Å². The first kappa shape index (κ1) is 78.4. The van der Waals surface area contributed by atoms with Gasteiger partial charge in [0.05, 0.1) is 159 Å². The second-order valence-electron chi connectivity index (χ2n) is 24.4. The Balaban J connectivity index is 0.724. The van der Waals surface area contributed by atoms with Crippen molar-refractivity contribution < 1.29 is 80.8 Å². The number of nitrogens with two attached hydrogens (primary N) is 2. The van der Waals surface area contributed by atoms with Crippen molar-refractivity contribution in [2.45, 2.75) is 82.7 Å². The number of primary amides is 1. The maximum atomic E-state index is 14.1. The number of rotatable bonds is 58. The number of hydrogen-bond donors (Lipinski definition) is 6. The molecule has 8 aromatic carbocycles. The van der Waals surface area contributed by atoms with Gasteiger partial charge >= 0.3 is 0 Å². The number of carbonyl (C=O) groups excluding carboxylic acids is 5. The molecule has 0 saturated heterocycles. The fourth-order valence-corrected chi connectivity index (χ4v) is 12.0. The van der Waals surface area contributed by atoms with Crippen LogP contribution in [0.5, 0.6) is 0 Å². The lowest BCUT2D eigenvalue weighted by molar-refractivity contribution is -0.129. The quantitative estimate of drug-likeness (QED) is 0.0158. The molecule has 0 heterocycles. The third kappa shape index (κ3) is 27.2. The average Bonchev–Trinajstić information content (AvgIpc) is 0.750. The molecule has 0 radical (unpaired) electrons. The normalized spacial score (nSPS) is 12.4. The van der Waals surface area contributed by atoms with Crippen molar-refractivity contribution in [2.24, 2.45) is 11.5 Å². The average molecular weight is 1390 g/mol. The van der Waals surface area contributed by atoms with Crippen molar-refractivity contribution in [3.8, 4) is 0 Å². The van der Waals surface area contributed by atoms with Gasteiger partial charge in [-0.05, 0) is 88.6 Å². The summed E-state index contributed by atoms with van der Waals surface area (Å²) in [5.41, 5.74) is 12.4. The van der Waals surface area contributed by atoms with Gasteiger partial charge in [0.15, 0.2) is 0 Å². The van der Waals surface area contributed by atoms with Crippen LogP contribution in [0.15, 0.2) is 109 Å². The summed E-state index contributed by atoms with van der Waals surface area (Å²) in [5.74, 6) is -1.41. The lowest BCUT2D eigenvalue weighted by atomic mass is 9.90. The molecule has 100 heavy (non-hydrogen) atoms. The summed E-state index contributed by atoms with van der Waals surface area (Å²) in [6.07, 6.45) is 6.07. The van der Waals surface area contributed by atoms with E-state index in [9.17, 15) is 24.0 Å². The van der Waals surface area contributed by atoms with E-state index < -0.39 is 18.0 Å². The molecular formula is C77H104N6O17. The Morgan fingerprint density at radius 3 is 1.02 bits per heavy atom. The van der Waals surface area contributed by atoms with E-state index in [4.69, 9.17) is 68.3 Å². The predicted molar refractivity (Wildman–Crippen MR) is 387 cm³/mol. The molecule has 0 fully saturated rings. The van der Waals surface area contributed by atoms with Gasteiger partial charge in [0.1, 0.15) is 12.1 Å². The molecule has 0 aromatic heterocycles. The molecule has 0 aliphatic rings. The smallest absolute Gasteiger partial charge is 0.243 e. The van der Waals surface area contributed by atoms with Gasteiger partial charge < -0.3 is 89.6 Å². The zero-order chi connectivity index (χ0) is 70.0. The van der Waals surface area contributed by atoms with Crippen LogP contribution < -0.4 is 32.7 Å². The summed E-state index contributed by atoms with van der Waals surface area (Å²) in [5, 5.41) is 25.8. The molecule has 0 spiro atoms. The van der Waals surface area contributed by atoms with Crippen LogP contribution in [0.1, 0.15) is 68.9 Å². The molecule has 8 N–H and O–H groups in total. The Morgan fingerprint density at radius 1 is 0.310 bits per heavy atom. The summed E-state index contributed by atoms with van der Waals surface area (Å²) in [7, 11) is 0. The van der Waals surface area contributed by atoms with Crippen molar-refractivity contribution in [1.29, 1.82) is 0 Å². The molecule has 0 aliphatic heterocycles. The Morgan fingerprint density at radius 2 is 0.620 bits per heavy atom. The van der Waals surface area contributed by atoms with Gasteiger partial charge in [0, 0.05) is 51.7 Å². The molecule has 23 heteroatoms. The Kier molecular flexibility index (Phi) is 36.2. The predicted octanol–water partition coefficient (Wildman–Crippen LogP) is 7.62. The van der Waals surface area contributed by atoms with Crippen molar-refractivity contribution in [1.82, 2.24) is 21.3 Å². The number of unbranched alkanes of at least 4 members (excludes halogenated alkanes) is 5. The minimum absolute atomic E-state index is 0.0757. The van der Waals surface area contributed by atoms with Gasteiger partial charge in [0.2, 0.25) is 29.5 Å². The summed E-state index contributed by atoms with van der Waals surface area (Å²) in [6, 6.07) is 36.3. The van der Waals surface area contributed by atoms with Crippen LogP contribution in [0.4, 0.5) is 0 Å². The third-order valence-corrected chi connectivity index (χ3v) is 17.0. The highest BCUT2D eigenvalue weighted by Gasteiger charge is 2.25. The van der Waals surface area contributed by atoms with E-state index in [1.54, 1.807) is 0 Å². The highest BCUT2D eigenvalue weighted by molar-refractivity contribution is 6.24. The maximum absolute atomic E-state index is 14.1. The Hall–Kier alpha value is -7.33. The minimum atomic E-state index is -0.820. The molecule has 8 rings (SSSR count). The number of ether oxygens (including phenoxy) is 12. The van der Waals surface area contributed by atoms with E-state index in [0.29, 0.717) is 171 Å². The second-order valence-corrected chi connectivity index (χ2v) is 24.4. The van der Waals surface area contributed by atoms with E-state index >= 15 is 0 Å². The highest BCUT2D eigenvalue weighted by atomic mass is 16.6.